The molecule has 54 heavy (non-hydrogen) atoms. The largest absolute Gasteiger partial charge is 0.381 e. The Morgan fingerprint density at radius 1 is 0.630 bits per heavy atom. The molecule has 0 bridgehead atoms. The number of fused-ring (bicyclic) bond motifs is 6. The molecule has 4 aromatic heterocycles. The molecule has 0 unspecified atom stereocenters. The molecule has 4 aliphatic heterocycles. The van der Waals surface area contributed by atoms with Gasteiger partial charge in [-0.05, 0) is 79.7 Å². The van der Waals surface area contributed by atoms with Crippen LogP contribution in [0.3, 0.4) is 0 Å². The smallest absolute Gasteiger partial charge is 0.164 e. The lowest BCUT2D eigenvalue weighted by Gasteiger charge is -2.22. The first-order valence-corrected chi connectivity index (χ1v) is 20.5. The fourth-order valence-corrected chi connectivity index (χ4v) is 11.0. The van der Waals surface area contributed by atoms with Crippen molar-refractivity contribution in [2.24, 2.45) is 0 Å². The van der Waals surface area contributed by atoms with Crippen LogP contribution in [0.5, 0.6) is 0 Å². The molecule has 0 spiro atoms. The van der Waals surface area contributed by atoms with Crippen molar-refractivity contribution in [1.82, 2.24) is 29.5 Å². The maximum absolute atomic E-state index is 6.00. The highest BCUT2D eigenvalue weighted by atomic mass is 32.1. The Balaban J connectivity index is 0.000000142. The Hall–Kier alpha value is -4.30. The third-order valence-electron chi connectivity index (χ3n) is 10.7. The predicted molar refractivity (Wildman–Crippen MR) is 210 cm³/mol. The summed E-state index contributed by atoms with van der Waals surface area (Å²) < 4.78 is 27.5. The second-order valence-corrected chi connectivity index (χ2v) is 16.2. The number of aryl methyl sites for hydroxylation is 2. The number of rotatable bonds is 6. The SMILES string of the molecule is Cc1nnc2n1-c1sc(C3=CCOCC3)c(Cc3ccccc3)c1COC2.Cc1nnc2n1-c1sc(C3CCOCC3)c(Cc3ccccc3)c1COC2. The van der Waals surface area contributed by atoms with E-state index in [4.69, 9.17) is 18.9 Å². The molecule has 12 heteroatoms. The van der Waals surface area contributed by atoms with E-state index in [9.17, 15) is 0 Å². The van der Waals surface area contributed by atoms with Gasteiger partial charge in [-0.25, -0.2) is 0 Å². The first-order valence-electron chi connectivity index (χ1n) is 18.8. The molecule has 4 aliphatic rings. The first-order chi connectivity index (χ1) is 26.6. The lowest BCUT2D eigenvalue weighted by molar-refractivity contribution is 0.0857. The van der Waals surface area contributed by atoms with E-state index in [1.54, 1.807) is 0 Å². The highest BCUT2D eigenvalue weighted by molar-refractivity contribution is 7.16. The van der Waals surface area contributed by atoms with E-state index in [-0.39, 0.29) is 0 Å². The summed E-state index contributed by atoms with van der Waals surface area (Å²) in [5.41, 5.74) is 9.44. The van der Waals surface area contributed by atoms with Crippen molar-refractivity contribution in [1.29, 1.82) is 0 Å². The van der Waals surface area contributed by atoms with Gasteiger partial charge in [-0.15, -0.1) is 43.1 Å². The van der Waals surface area contributed by atoms with Crippen LogP contribution in [0.25, 0.3) is 15.6 Å². The van der Waals surface area contributed by atoms with Gasteiger partial charge in [0.25, 0.3) is 0 Å². The minimum Gasteiger partial charge on any atom is -0.381 e. The lowest BCUT2D eigenvalue weighted by atomic mass is 9.91. The molecule has 2 aromatic carbocycles. The summed E-state index contributed by atoms with van der Waals surface area (Å²) in [5.74, 6) is 4.19. The summed E-state index contributed by atoms with van der Waals surface area (Å²) >= 11 is 3.75. The third kappa shape index (κ3) is 7.02. The molecule has 278 valence electrons. The first kappa shape index (κ1) is 35.4. The molecule has 0 aliphatic carbocycles. The number of benzene rings is 2. The maximum atomic E-state index is 6.00. The van der Waals surface area contributed by atoms with E-state index in [0.717, 1.165) is 75.2 Å². The van der Waals surface area contributed by atoms with Crippen LogP contribution in [0, 0.1) is 13.8 Å². The second-order valence-electron chi connectivity index (χ2n) is 14.2. The number of hydrogen-bond acceptors (Lipinski definition) is 10. The summed E-state index contributed by atoms with van der Waals surface area (Å²) in [6, 6.07) is 21.4. The third-order valence-corrected chi connectivity index (χ3v) is 13.4. The fraction of sp³-hybridized carbons (Fsp3) is 0.381. The van der Waals surface area contributed by atoms with E-state index >= 15 is 0 Å². The summed E-state index contributed by atoms with van der Waals surface area (Å²) in [7, 11) is 0. The number of aromatic nitrogens is 6. The van der Waals surface area contributed by atoms with Gasteiger partial charge < -0.3 is 18.9 Å². The molecule has 0 N–H and O–H groups in total. The van der Waals surface area contributed by atoms with Crippen molar-refractivity contribution in [3.63, 3.8) is 0 Å². The lowest BCUT2D eigenvalue weighted by Crippen LogP contribution is -2.14. The molecule has 0 saturated carbocycles. The highest BCUT2D eigenvalue weighted by Gasteiger charge is 2.30. The van der Waals surface area contributed by atoms with Crippen molar-refractivity contribution < 1.29 is 18.9 Å². The average Bonchev–Trinajstić information content (AvgIpc) is 3.90. The van der Waals surface area contributed by atoms with Crippen LogP contribution in [0.15, 0.2) is 66.7 Å². The molecule has 10 rings (SSSR count). The number of ether oxygens (including phenoxy) is 4. The molecule has 10 nitrogen and oxygen atoms in total. The number of thiophene rings is 2. The number of nitrogens with zero attached hydrogens (tertiary/aromatic N) is 6. The Kier molecular flexibility index (Phi) is 10.4. The standard InChI is InChI=1S/C21H23N3O2S.C21H21N3O2S/c2*1-14-22-23-19-13-26-12-18-17(11-15-5-3-2-4-6-15)20(27-21(18)24(14)19)16-7-9-25-10-8-16/h2-6,16H,7-13H2,1H3;2-7H,8-13H2,1H3. The van der Waals surface area contributed by atoms with Gasteiger partial charge in [0.05, 0.1) is 26.4 Å². The minimum atomic E-state index is 0.499. The normalized spacial score (nSPS) is 16.9. The maximum Gasteiger partial charge on any atom is 0.164 e. The summed E-state index contributed by atoms with van der Waals surface area (Å²) in [4.78, 5) is 2.86. The Labute approximate surface area is 323 Å². The van der Waals surface area contributed by atoms with Crippen molar-refractivity contribution >= 4 is 28.2 Å². The van der Waals surface area contributed by atoms with E-state index in [2.05, 4.69) is 96.3 Å². The predicted octanol–water partition coefficient (Wildman–Crippen LogP) is 8.21. The molecular weight excluding hydrogens is 717 g/mol. The van der Waals surface area contributed by atoms with Crippen LogP contribution in [0.2, 0.25) is 0 Å². The zero-order valence-electron chi connectivity index (χ0n) is 30.8. The molecule has 8 heterocycles. The second kappa shape index (κ2) is 15.8. The van der Waals surface area contributed by atoms with E-state index in [1.807, 2.05) is 36.5 Å². The van der Waals surface area contributed by atoms with Crippen LogP contribution in [-0.2, 0) is 58.2 Å². The van der Waals surface area contributed by atoms with Crippen LogP contribution in [-0.4, -0.2) is 56.0 Å². The summed E-state index contributed by atoms with van der Waals surface area (Å²) in [5, 5.41) is 19.7. The van der Waals surface area contributed by atoms with Gasteiger partial charge in [0, 0.05) is 34.1 Å². The zero-order valence-corrected chi connectivity index (χ0v) is 32.4. The van der Waals surface area contributed by atoms with Crippen LogP contribution >= 0.6 is 22.7 Å². The molecule has 0 atom stereocenters. The molecule has 6 aromatic rings. The van der Waals surface area contributed by atoms with E-state index in [0.29, 0.717) is 39.0 Å². The van der Waals surface area contributed by atoms with E-state index in [1.165, 1.54) is 58.7 Å². The number of hydrogen-bond donors (Lipinski definition) is 0. The monoisotopic (exact) mass is 760 g/mol. The van der Waals surface area contributed by atoms with Crippen molar-refractivity contribution in [2.75, 3.05) is 26.4 Å². The van der Waals surface area contributed by atoms with Gasteiger partial charge in [0.15, 0.2) is 11.6 Å². The fourth-order valence-electron chi connectivity index (χ4n) is 7.93. The van der Waals surface area contributed by atoms with Gasteiger partial charge in [0.2, 0.25) is 0 Å². The van der Waals surface area contributed by atoms with Crippen LogP contribution in [0.1, 0.15) is 91.6 Å². The Bertz CT molecular complexity index is 2270. The summed E-state index contributed by atoms with van der Waals surface area (Å²) in [6.07, 6.45) is 7.21. The molecule has 0 amide bonds. The molecule has 1 saturated heterocycles. The highest BCUT2D eigenvalue weighted by Crippen LogP contribution is 2.44. The minimum absolute atomic E-state index is 0.499. The average molecular weight is 761 g/mol. The molecule has 0 radical (unpaired) electrons. The quantitative estimate of drug-likeness (QED) is 0.168. The molecule has 1 fully saturated rings. The van der Waals surface area contributed by atoms with Crippen molar-refractivity contribution in [3.05, 3.63) is 133 Å². The zero-order chi connectivity index (χ0) is 36.4. The topological polar surface area (TPSA) is 98.3 Å². The van der Waals surface area contributed by atoms with Gasteiger partial charge >= 0.3 is 0 Å². The van der Waals surface area contributed by atoms with Gasteiger partial charge in [-0.2, -0.15) is 0 Å². The summed E-state index contributed by atoms with van der Waals surface area (Å²) in [6.45, 7) is 9.48. The molecular formula is C42H44N6O4S2. The van der Waals surface area contributed by atoms with Gasteiger partial charge in [-0.1, -0.05) is 66.7 Å². The van der Waals surface area contributed by atoms with E-state index < -0.39 is 0 Å². The van der Waals surface area contributed by atoms with Crippen LogP contribution in [0.4, 0.5) is 0 Å². The van der Waals surface area contributed by atoms with Crippen molar-refractivity contribution in [2.45, 2.75) is 78.3 Å². The Morgan fingerprint density at radius 2 is 1.20 bits per heavy atom. The van der Waals surface area contributed by atoms with Gasteiger partial charge in [0.1, 0.15) is 34.9 Å². The van der Waals surface area contributed by atoms with Gasteiger partial charge in [-0.3, -0.25) is 9.13 Å². The van der Waals surface area contributed by atoms with Crippen LogP contribution < -0.4 is 0 Å². The van der Waals surface area contributed by atoms with Crippen molar-refractivity contribution in [3.8, 4) is 10.0 Å². The Morgan fingerprint density at radius 3 is 1.80 bits per heavy atom.